The highest BCUT2D eigenvalue weighted by Crippen LogP contribution is 2.21. The average molecular weight is 296 g/mol. The molecule has 2 rings (SSSR count). The number of hydrogen-bond acceptors (Lipinski definition) is 4. The van der Waals surface area contributed by atoms with Crippen molar-refractivity contribution in [2.75, 3.05) is 18.1 Å². The lowest BCUT2D eigenvalue weighted by molar-refractivity contribution is -0.141. The van der Waals surface area contributed by atoms with Crippen LogP contribution < -0.4 is 5.32 Å². The lowest BCUT2D eigenvalue weighted by atomic mass is 10.2. The molecule has 20 heavy (non-hydrogen) atoms. The van der Waals surface area contributed by atoms with Crippen LogP contribution in [0.5, 0.6) is 0 Å². The van der Waals surface area contributed by atoms with Crippen molar-refractivity contribution in [2.45, 2.75) is 23.5 Å². The number of likely N-dealkylation sites (tertiary alicyclic amines) is 1. The Labute approximate surface area is 120 Å². The highest BCUT2D eigenvalue weighted by atomic mass is 32.2. The number of carbonyl (C=O) groups is 2. The number of carbonyl (C=O) groups excluding carboxylic acids is 1. The van der Waals surface area contributed by atoms with E-state index in [1.54, 1.807) is 23.9 Å². The Morgan fingerprint density at radius 2 is 2.00 bits per heavy atom. The Morgan fingerprint density at radius 3 is 2.55 bits per heavy atom. The second-order valence-electron chi connectivity index (χ2n) is 4.55. The first kappa shape index (κ1) is 14.7. The molecule has 1 aromatic carbocycles. The summed E-state index contributed by atoms with van der Waals surface area (Å²) in [7, 11) is 0. The number of nitrogens with one attached hydrogen (secondary N) is 1. The van der Waals surface area contributed by atoms with Crippen LogP contribution in [-0.2, 0) is 4.79 Å². The fraction of sp³-hybridized carbons (Fsp3) is 0.385. The summed E-state index contributed by atoms with van der Waals surface area (Å²) in [4.78, 5) is 25.3. The van der Waals surface area contributed by atoms with Gasteiger partial charge in [-0.05, 0) is 30.5 Å². The third kappa shape index (κ3) is 3.23. The summed E-state index contributed by atoms with van der Waals surface area (Å²) >= 11 is 1.59. The first-order valence-corrected chi connectivity index (χ1v) is 7.36. The van der Waals surface area contributed by atoms with E-state index in [1.807, 2.05) is 18.4 Å². The maximum Gasteiger partial charge on any atom is 0.326 e. The SMILES string of the molecule is CSc1ccc(NC(=O)N2C[C@H](O)C[C@H]2C(=O)O)cc1. The molecule has 3 N–H and O–H groups in total. The molecular formula is C13H16N2O4S. The van der Waals surface area contributed by atoms with E-state index in [1.165, 1.54) is 0 Å². The minimum absolute atomic E-state index is 0.0334. The zero-order chi connectivity index (χ0) is 14.7. The van der Waals surface area contributed by atoms with Gasteiger partial charge in [0.1, 0.15) is 6.04 Å². The number of carboxylic acids is 1. The number of aliphatic hydroxyl groups excluding tert-OH is 1. The fourth-order valence-electron chi connectivity index (χ4n) is 2.14. The summed E-state index contributed by atoms with van der Waals surface area (Å²) in [6.07, 6.45) is 1.23. The molecule has 2 atom stereocenters. The number of carboxylic acid groups (broad SMARTS) is 1. The number of urea groups is 1. The minimum Gasteiger partial charge on any atom is -0.480 e. The van der Waals surface area contributed by atoms with E-state index in [9.17, 15) is 14.7 Å². The van der Waals surface area contributed by atoms with E-state index < -0.39 is 24.1 Å². The van der Waals surface area contributed by atoms with E-state index in [-0.39, 0.29) is 13.0 Å². The maximum absolute atomic E-state index is 12.1. The van der Waals surface area contributed by atoms with Gasteiger partial charge in [0, 0.05) is 23.5 Å². The first-order valence-electron chi connectivity index (χ1n) is 6.14. The zero-order valence-electron chi connectivity index (χ0n) is 10.9. The molecule has 1 fully saturated rings. The third-order valence-electron chi connectivity index (χ3n) is 3.17. The molecule has 0 saturated carbocycles. The average Bonchev–Trinajstić information content (AvgIpc) is 2.82. The molecule has 0 radical (unpaired) electrons. The van der Waals surface area contributed by atoms with Crippen LogP contribution >= 0.6 is 11.8 Å². The van der Waals surface area contributed by atoms with Crippen molar-refractivity contribution >= 4 is 29.4 Å². The summed E-state index contributed by atoms with van der Waals surface area (Å²) in [6, 6.07) is 5.76. The molecule has 1 aliphatic rings. The highest BCUT2D eigenvalue weighted by Gasteiger charge is 2.38. The van der Waals surface area contributed by atoms with Crippen LogP contribution in [-0.4, -0.2) is 52.1 Å². The topological polar surface area (TPSA) is 89.9 Å². The van der Waals surface area contributed by atoms with E-state index >= 15 is 0 Å². The number of aliphatic carboxylic acids is 1. The molecule has 1 heterocycles. The summed E-state index contributed by atoms with van der Waals surface area (Å²) in [5.74, 6) is -1.10. The van der Waals surface area contributed by atoms with Crippen molar-refractivity contribution < 1.29 is 19.8 Å². The number of hydrogen-bond donors (Lipinski definition) is 3. The molecule has 7 heteroatoms. The number of anilines is 1. The van der Waals surface area contributed by atoms with Crippen LogP contribution in [0.4, 0.5) is 10.5 Å². The zero-order valence-corrected chi connectivity index (χ0v) is 11.8. The van der Waals surface area contributed by atoms with Gasteiger partial charge in [-0.15, -0.1) is 11.8 Å². The van der Waals surface area contributed by atoms with Crippen LogP contribution in [0.25, 0.3) is 0 Å². The molecule has 0 spiro atoms. The number of amides is 2. The molecule has 0 aromatic heterocycles. The van der Waals surface area contributed by atoms with Crippen molar-refractivity contribution in [1.82, 2.24) is 4.90 Å². The summed E-state index contributed by atoms with van der Waals surface area (Å²) in [5, 5.41) is 21.2. The molecule has 1 aliphatic heterocycles. The molecule has 1 aromatic rings. The second kappa shape index (κ2) is 6.15. The number of aliphatic hydroxyl groups is 1. The Kier molecular flexibility index (Phi) is 4.51. The van der Waals surface area contributed by atoms with Crippen LogP contribution in [0, 0.1) is 0 Å². The van der Waals surface area contributed by atoms with Crippen molar-refractivity contribution in [3.05, 3.63) is 24.3 Å². The highest BCUT2D eigenvalue weighted by molar-refractivity contribution is 7.98. The smallest absolute Gasteiger partial charge is 0.326 e. The van der Waals surface area contributed by atoms with Crippen molar-refractivity contribution in [3.63, 3.8) is 0 Å². The molecule has 2 amide bonds. The van der Waals surface area contributed by atoms with Gasteiger partial charge in [-0.25, -0.2) is 9.59 Å². The van der Waals surface area contributed by atoms with Crippen molar-refractivity contribution in [1.29, 1.82) is 0 Å². The number of thioether (sulfide) groups is 1. The van der Waals surface area contributed by atoms with E-state index in [0.717, 1.165) is 9.80 Å². The van der Waals surface area contributed by atoms with Gasteiger partial charge in [-0.3, -0.25) is 0 Å². The van der Waals surface area contributed by atoms with Gasteiger partial charge in [-0.1, -0.05) is 0 Å². The number of nitrogens with zero attached hydrogens (tertiary/aromatic N) is 1. The van der Waals surface area contributed by atoms with Gasteiger partial charge in [0.05, 0.1) is 6.10 Å². The lowest BCUT2D eigenvalue weighted by Crippen LogP contribution is -2.43. The molecule has 1 saturated heterocycles. The number of rotatable bonds is 3. The van der Waals surface area contributed by atoms with Crippen LogP contribution in [0.3, 0.4) is 0 Å². The van der Waals surface area contributed by atoms with Crippen molar-refractivity contribution in [2.24, 2.45) is 0 Å². The summed E-state index contributed by atoms with van der Waals surface area (Å²) in [5.41, 5.74) is 0.596. The van der Waals surface area contributed by atoms with Gasteiger partial charge < -0.3 is 20.4 Å². The Balaban J connectivity index is 2.04. The maximum atomic E-state index is 12.1. The fourth-order valence-corrected chi connectivity index (χ4v) is 2.55. The number of benzene rings is 1. The normalized spacial score (nSPS) is 21.8. The Morgan fingerprint density at radius 1 is 1.35 bits per heavy atom. The first-order chi connectivity index (χ1) is 9.51. The largest absolute Gasteiger partial charge is 0.480 e. The molecule has 108 valence electrons. The monoisotopic (exact) mass is 296 g/mol. The summed E-state index contributed by atoms with van der Waals surface area (Å²) in [6.45, 7) is 0.0334. The van der Waals surface area contributed by atoms with Crippen LogP contribution in [0.1, 0.15) is 6.42 Å². The van der Waals surface area contributed by atoms with Gasteiger partial charge >= 0.3 is 12.0 Å². The van der Waals surface area contributed by atoms with Gasteiger partial charge in [-0.2, -0.15) is 0 Å². The third-order valence-corrected chi connectivity index (χ3v) is 3.91. The molecule has 0 aliphatic carbocycles. The molecule has 6 nitrogen and oxygen atoms in total. The lowest BCUT2D eigenvalue weighted by Gasteiger charge is -2.21. The van der Waals surface area contributed by atoms with Crippen LogP contribution in [0.15, 0.2) is 29.2 Å². The molecular weight excluding hydrogens is 280 g/mol. The molecule has 0 bridgehead atoms. The summed E-state index contributed by atoms with van der Waals surface area (Å²) < 4.78 is 0. The standard InChI is InChI=1S/C13H16N2O4S/c1-20-10-4-2-8(3-5-10)14-13(19)15-7-9(16)6-11(15)12(17)18/h2-5,9,11,16H,6-7H2,1H3,(H,14,19)(H,17,18)/t9-,11+/m1/s1. The van der Waals surface area contributed by atoms with Crippen molar-refractivity contribution in [3.8, 4) is 0 Å². The minimum atomic E-state index is -1.10. The van der Waals surface area contributed by atoms with Gasteiger partial charge in [0.15, 0.2) is 0 Å². The van der Waals surface area contributed by atoms with Gasteiger partial charge in [0.2, 0.25) is 0 Å². The second-order valence-corrected chi connectivity index (χ2v) is 5.43. The quantitative estimate of drug-likeness (QED) is 0.735. The van der Waals surface area contributed by atoms with E-state index in [0.29, 0.717) is 5.69 Å². The predicted octanol–water partition coefficient (Wildman–Crippen LogP) is 1.46. The van der Waals surface area contributed by atoms with Gasteiger partial charge in [0.25, 0.3) is 0 Å². The Bertz CT molecular complexity index is 506. The van der Waals surface area contributed by atoms with Crippen LogP contribution in [0.2, 0.25) is 0 Å². The Hall–Kier alpha value is -1.73. The number of β-amino-alcohol motifs (C(OH)–C–C–N with tert-alkyl or cyclic N) is 1. The predicted molar refractivity (Wildman–Crippen MR) is 76.0 cm³/mol. The van der Waals surface area contributed by atoms with E-state index in [2.05, 4.69) is 5.32 Å². The molecule has 0 unspecified atom stereocenters. The van der Waals surface area contributed by atoms with E-state index in [4.69, 9.17) is 5.11 Å².